The molecule has 1 aromatic carbocycles. The van der Waals surface area contributed by atoms with Crippen LogP contribution in [0.5, 0.6) is 0 Å². The molecule has 0 radical (unpaired) electrons. The van der Waals surface area contributed by atoms with Crippen LogP contribution in [-0.4, -0.2) is 19.7 Å². The first-order chi connectivity index (χ1) is 11.8. The molecule has 4 rings (SSSR count). The number of nitrogens with zero attached hydrogens (tertiary/aromatic N) is 4. The highest BCUT2D eigenvalue weighted by Gasteiger charge is 2.12. The van der Waals surface area contributed by atoms with E-state index in [1.807, 2.05) is 49.5 Å². The fourth-order valence-corrected chi connectivity index (χ4v) is 2.43. The summed E-state index contributed by atoms with van der Waals surface area (Å²) in [6, 6.07) is 13.6. The largest absolute Gasteiger partial charge is 0.467 e. The van der Waals surface area contributed by atoms with Crippen molar-refractivity contribution in [2.24, 2.45) is 7.05 Å². The van der Waals surface area contributed by atoms with E-state index in [9.17, 15) is 0 Å². The normalized spacial score (nSPS) is 10.9. The van der Waals surface area contributed by atoms with E-state index in [0.717, 1.165) is 22.5 Å². The molecule has 0 aliphatic rings. The molecule has 0 aliphatic heterocycles. The Labute approximate surface area is 138 Å². The molecular formula is C17H16N6O. The molecule has 7 heteroatoms. The smallest absolute Gasteiger partial charge is 0.227 e. The van der Waals surface area contributed by atoms with Crippen LogP contribution >= 0.6 is 0 Å². The van der Waals surface area contributed by atoms with Crippen molar-refractivity contribution in [1.29, 1.82) is 0 Å². The van der Waals surface area contributed by atoms with Crippen LogP contribution < -0.4 is 10.6 Å². The summed E-state index contributed by atoms with van der Waals surface area (Å²) in [4.78, 5) is 9.11. The molecule has 0 unspecified atom stereocenters. The van der Waals surface area contributed by atoms with Gasteiger partial charge in [0.25, 0.3) is 0 Å². The zero-order chi connectivity index (χ0) is 16.4. The number of benzene rings is 1. The molecule has 0 atom stereocenters. The molecule has 3 heterocycles. The van der Waals surface area contributed by atoms with Gasteiger partial charge in [-0.05, 0) is 24.3 Å². The zero-order valence-electron chi connectivity index (χ0n) is 13.1. The molecule has 0 aliphatic carbocycles. The maximum absolute atomic E-state index is 5.33. The number of fused-ring (bicyclic) bond motifs is 1. The van der Waals surface area contributed by atoms with Crippen LogP contribution in [0.3, 0.4) is 0 Å². The van der Waals surface area contributed by atoms with Crippen molar-refractivity contribution in [3.8, 4) is 0 Å². The summed E-state index contributed by atoms with van der Waals surface area (Å²) in [7, 11) is 1.86. The van der Waals surface area contributed by atoms with Crippen LogP contribution in [0.2, 0.25) is 0 Å². The highest BCUT2D eigenvalue weighted by molar-refractivity contribution is 5.89. The summed E-state index contributed by atoms with van der Waals surface area (Å²) >= 11 is 0. The lowest BCUT2D eigenvalue weighted by Crippen LogP contribution is -2.06. The first-order valence-electron chi connectivity index (χ1n) is 7.58. The van der Waals surface area contributed by atoms with E-state index in [1.165, 1.54) is 0 Å². The third kappa shape index (κ3) is 2.79. The van der Waals surface area contributed by atoms with Crippen LogP contribution in [0.1, 0.15) is 5.76 Å². The number of hydrogen-bond donors (Lipinski definition) is 2. The van der Waals surface area contributed by atoms with E-state index >= 15 is 0 Å². The van der Waals surface area contributed by atoms with Gasteiger partial charge in [0.2, 0.25) is 5.95 Å². The Morgan fingerprint density at radius 2 is 1.96 bits per heavy atom. The monoisotopic (exact) mass is 320 g/mol. The van der Waals surface area contributed by atoms with Crippen molar-refractivity contribution in [3.63, 3.8) is 0 Å². The second-order valence-electron chi connectivity index (χ2n) is 5.33. The summed E-state index contributed by atoms with van der Waals surface area (Å²) in [5, 5.41) is 11.7. The molecule has 24 heavy (non-hydrogen) atoms. The number of nitrogens with one attached hydrogen (secondary N) is 2. The van der Waals surface area contributed by atoms with Crippen LogP contribution in [0.4, 0.5) is 17.5 Å². The Hall–Kier alpha value is -3.35. The van der Waals surface area contributed by atoms with E-state index in [4.69, 9.17) is 4.42 Å². The quantitative estimate of drug-likeness (QED) is 0.587. The van der Waals surface area contributed by atoms with Gasteiger partial charge in [-0.15, -0.1) is 0 Å². The summed E-state index contributed by atoms with van der Waals surface area (Å²) in [6.07, 6.45) is 3.40. The molecule has 3 aromatic heterocycles. The first-order valence-corrected chi connectivity index (χ1v) is 7.58. The summed E-state index contributed by atoms with van der Waals surface area (Å²) in [5.41, 5.74) is 1.71. The standard InChI is InChI=1S/C17H16N6O/c1-23-16-14(11-19-23)15(20-12-6-3-2-4-7-12)21-17(22-16)18-10-13-8-5-9-24-13/h2-9,11H,10H2,1H3,(H2,18,20,21,22). The van der Waals surface area contributed by atoms with Gasteiger partial charge in [-0.1, -0.05) is 18.2 Å². The third-order valence-electron chi connectivity index (χ3n) is 3.63. The maximum atomic E-state index is 5.33. The Kier molecular flexibility index (Phi) is 3.59. The van der Waals surface area contributed by atoms with Gasteiger partial charge in [0.1, 0.15) is 11.6 Å². The average molecular weight is 320 g/mol. The van der Waals surface area contributed by atoms with Crippen LogP contribution in [0.25, 0.3) is 11.0 Å². The van der Waals surface area contributed by atoms with Gasteiger partial charge in [0, 0.05) is 12.7 Å². The fraction of sp³-hybridized carbons (Fsp3) is 0.118. The minimum Gasteiger partial charge on any atom is -0.467 e. The molecule has 0 spiro atoms. The SMILES string of the molecule is Cn1ncc2c(Nc3ccccc3)nc(NCc3ccco3)nc21. The molecule has 7 nitrogen and oxygen atoms in total. The molecular weight excluding hydrogens is 304 g/mol. The molecule has 120 valence electrons. The third-order valence-corrected chi connectivity index (χ3v) is 3.63. The van der Waals surface area contributed by atoms with Crippen LogP contribution in [0.15, 0.2) is 59.3 Å². The van der Waals surface area contributed by atoms with Gasteiger partial charge >= 0.3 is 0 Å². The maximum Gasteiger partial charge on any atom is 0.227 e. The van der Waals surface area contributed by atoms with E-state index in [1.54, 1.807) is 17.1 Å². The number of rotatable bonds is 5. The Morgan fingerprint density at radius 1 is 1.08 bits per heavy atom. The molecule has 0 bridgehead atoms. The minimum absolute atomic E-state index is 0.515. The second-order valence-corrected chi connectivity index (χ2v) is 5.33. The van der Waals surface area contributed by atoms with Gasteiger partial charge in [-0.3, -0.25) is 4.68 Å². The molecule has 0 saturated heterocycles. The van der Waals surface area contributed by atoms with E-state index in [2.05, 4.69) is 25.7 Å². The summed E-state index contributed by atoms with van der Waals surface area (Å²) < 4.78 is 7.05. The van der Waals surface area contributed by atoms with Crippen molar-refractivity contribution < 1.29 is 4.42 Å². The summed E-state index contributed by atoms with van der Waals surface area (Å²) in [5.74, 6) is 2.04. The predicted molar refractivity (Wildman–Crippen MR) is 92.1 cm³/mol. The number of para-hydroxylation sites is 1. The fourth-order valence-electron chi connectivity index (χ4n) is 2.43. The molecule has 0 amide bonds. The lowest BCUT2D eigenvalue weighted by atomic mass is 10.3. The lowest BCUT2D eigenvalue weighted by Gasteiger charge is -2.09. The number of aromatic nitrogens is 4. The topological polar surface area (TPSA) is 80.8 Å². The Balaban J connectivity index is 1.68. The van der Waals surface area contributed by atoms with Crippen molar-refractivity contribution >= 4 is 28.5 Å². The molecule has 0 fully saturated rings. The second kappa shape index (κ2) is 6.04. The van der Waals surface area contributed by atoms with Gasteiger partial charge in [0.05, 0.1) is 24.4 Å². The molecule has 4 aromatic rings. The van der Waals surface area contributed by atoms with Crippen molar-refractivity contribution in [1.82, 2.24) is 19.7 Å². The average Bonchev–Trinajstić information content (AvgIpc) is 3.25. The van der Waals surface area contributed by atoms with Crippen molar-refractivity contribution in [2.45, 2.75) is 6.54 Å². The highest BCUT2D eigenvalue weighted by atomic mass is 16.3. The van der Waals surface area contributed by atoms with E-state index in [-0.39, 0.29) is 0 Å². The van der Waals surface area contributed by atoms with Gasteiger partial charge in [-0.2, -0.15) is 15.1 Å². The van der Waals surface area contributed by atoms with Gasteiger partial charge < -0.3 is 15.1 Å². The minimum atomic E-state index is 0.515. The van der Waals surface area contributed by atoms with Crippen molar-refractivity contribution in [3.05, 3.63) is 60.7 Å². The Bertz CT molecular complexity index is 946. The number of furan rings is 1. The zero-order valence-corrected chi connectivity index (χ0v) is 13.1. The van der Waals surface area contributed by atoms with E-state index in [0.29, 0.717) is 18.3 Å². The Morgan fingerprint density at radius 3 is 2.75 bits per heavy atom. The van der Waals surface area contributed by atoms with Gasteiger partial charge in [-0.25, -0.2) is 0 Å². The van der Waals surface area contributed by atoms with E-state index < -0.39 is 0 Å². The first kappa shape index (κ1) is 14.3. The predicted octanol–water partition coefficient (Wildman–Crippen LogP) is 3.31. The van der Waals surface area contributed by atoms with Crippen LogP contribution in [-0.2, 0) is 13.6 Å². The lowest BCUT2D eigenvalue weighted by molar-refractivity contribution is 0.517. The molecule has 0 saturated carbocycles. The molecule has 2 N–H and O–H groups in total. The van der Waals surface area contributed by atoms with Gasteiger partial charge in [0.15, 0.2) is 5.65 Å². The number of aryl methyl sites for hydroxylation is 1. The summed E-state index contributed by atoms with van der Waals surface area (Å²) in [6.45, 7) is 0.515. The van der Waals surface area contributed by atoms with Crippen molar-refractivity contribution in [2.75, 3.05) is 10.6 Å². The number of anilines is 3. The number of hydrogen-bond acceptors (Lipinski definition) is 6. The van der Waals surface area contributed by atoms with Crippen LogP contribution in [0, 0.1) is 0 Å². The highest BCUT2D eigenvalue weighted by Crippen LogP contribution is 2.24.